The maximum atomic E-state index is 13.7. The van der Waals surface area contributed by atoms with Crippen LogP contribution in [0.4, 0.5) is 5.69 Å². The van der Waals surface area contributed by atoms with E-state index in [2.05, 4.69) is 11.6 Å². The number of benzene rings is 3. The summed E-state index contributed by atoms with van der Waals surface area (Å²) in [5.41, 5.74) is 10.2. The molecule has 0 amide bonds. The van der Waals surface area contributed by atoms with Crippen molar-refractivity contribution in [1.82, 2.24) is 0 Å². The van der Waals surface area contributed by atoms with Gasteiger partial charge in [-0.15, -0.1) is 0 Å². The van der Waals surface area contributed by atoms with E-state index in [4.69, 9.17) is 5.73 Å². The SMILES string of the molecule is Nc1ccc(C#CP(=O)(c2ccccc2)c2ccccc2)cc1. The predicted molar refractivity (Wildman–Crippen MR) is 97.5 cm³/mol. The first-order valence-electron chi connectivity index (χ1n) is 7.28. The monoisotopic (exact) mass is 317 g/mol. The molecule has 23 heavy (non-hydrogen) atoms. The molecule has 3 aromatic carbocycles. The van der Waals surface area contributed by atoms with E-state index >= 15 is 0 Å². The Labute approximate surface area is 136 Å². The molecule has 0 bridgehead atoms. The zero-order valence-electron chi connectivity index (χ0n) is 12.5. The van der Waals surface area contributed by atoms with Crippen LogP contribution in [0.2, 0.25) is 0 Å². The van der Waals surface area contributed by atoms with E-state index in [1.165, 1.54) is 0 Å². The number of hydrogen-bond acceptors (Lipinski definition) is 2. The fourth-order valence-electron chi connectivity index (χ4n) is 2.26. The van der Waals surface area contributed by atoms with Gasteiger partial charge in [0.2, 0.25) is 7.14 Å². The van der Waals surface area contributed by atoms with Crippen LogP contribution in [-0.2, 0) is 4.57 Å². The Bertz CT molecular complexity index is 848. The molecule has 0 saturated heterocycles. The first-order chi connectivity index (χ1) is 11.2. The van der Waals surface area contributed by atoms with E-state index < -0.39 is 7.14 Å². The fourth-order valence-corrected chi connectivity index (χ4v) is 4.29. The van der Waals surface area contributed by atoms with Crippen molar-refractivity contribution in [2.45, 2.75) is 0 Å². The highest BCUT2D eigenvalue weighted by Crippen LogP contribution is 2.41. The fraction of sp³-hybridized carbons (Fsp3) is 0. The standard InChI is InChI=1S/C20H16NOP/c21-18-13-11-17(12-14-18)15-16-23(22,19-7-3-1-4-8-19)20-9-5-2-6-10-20/h1-14H,21H2. The molecule has 0 aliphatic rings. The Morgan fingerprint density at radius 3 is 1.65 bits per heavy atom. The maximum Gasteiger partial charge on any atom is 0.211 e. The van der Waals surface area contributed by atoms with Gasteiger partial charge in [-0.1, -0.05) is 66.6 Å². The highest BCUT2D eigenvalue weighted by Gasteiger charge is 2.24. The van der Waals surface area contributed by atoms with Crippen LogP contribution in [0.3, 0.4) is 0 Å². The molecule has 0 atom stereocenters. The van der Waals surface area contributed by atoms with Gasteiger partial charge in [0.05, 0.1) is 0 Å². The molecule has 0 fully saturated rings. The lowest BCUT2D eigenvalue weighted by molar-refractivity contribution is 0.593. The summed E-state index contributed by atoms with van der Waals surface area (Å²) >= 11 is 0. The third kappa shape index (κ3) is 3.37. The lowest BCUT2D eigenvalue weighted by Gasteiger charge is -2.12. The summed E-state index contributed by atoms with van der Waals surface area (Å²) in [6.45, 7) is 0. The molecule has 0 aliphatic carbocycles. The number of hydrogen-bond donors (Lipinski definition) is 1. The summed E-state index contributed by atoms with van der Waals surface area (Å²) in [4.78, 5) is 0. The molecule has 2 N–H and O–H groups in total. The van der Waals surface area contributed by atoms with Crippen molar-refractivity contribution in [1.29, 1.82) is 0 Å². The van der Waals surface area contributed by atoms with Crippen LogP contribution in [0.15, 0.2) is 84.9 Å². The van der Waals surface area contributed by atoms with E-state index in [0.29, 0.717) is 5.69 Å². The van der Waals surface area contributed by atoms with Crippen molar-refractivity contribution >= 4 is 23.4 Å². The molecule has 0 aliphatic heterocycles. The molecule has 3 rings (SSSR count). The molecule has 0 aromatic heterocycles. The molecule has 0 saturated carbocycles. The van der Waals surface area contributed by atoms with Crippen molar-refractivity contribution in [3.05, 3.63) is 90.5 Å². The highest BCUT2D eigenvalue weighted by atomic mass is 31.2. The highest BCUT2D eigenvalue weighted by molar-refractivity contribution is 7.83. The quantitative estimate of drug-likeness (QED) is 0.446. The Morgan fingerprint density at radius 1 is 0.696 bits per heavy atom. The van der Waals surface area contributed by atoms with E-state index in [1.807, 2.05) is 72.8 Å². The molecule has 0 heterocycles. The Balaban J connectivity index is 2.11. The first kappa shape index (κ1) is 15.2. The summed E-state index contributed by atoms with van der Waals surface area (Å²) < 4.78 is 13.7. The van der Waals surface area contributed by atoms with Crippen molar-refractivity contribution in [3.63, 3.8) is 0 Å². The van der Waals surface area contributed by atoms with E-state index in [-0.39, 0.29) is 0 Å². The van der Waals surface area contributed by atoms with Crippen LogP contribution < -0.4 is 16.3 Å². The zero-order chi connectivity index (χ0) is 16.1. The smallest absolute Gasteiger partial charge is 0.211 e. The van der Waals surface area contributed by atoms with Gasteiger partial charge in [-0.2, -0.15) is 0 Å². The second-order valence-corrected chi connectivity index (χ2v) is 7.61. The van der Waals surface area contributed by atoms with Gasteiger partial charge in [0.25, 0.3) is 0 Å². The number of nitrogen functional groups attached to an aromatic ring is 1. The minimum atomic E-state index is -2.99. The van der Waals surface area contributed by atoms with Gasteiger partial charge >= 0.3 is 0 Å². The lowest BCUT2D eigenvalue weighted by atomic mass is 10.2. The van der Waals surface area contributed by atoms with Crippen molar-refractivity contribution < 1.29 is 4.57 Å². The third-order valence-corrected chi connectivity index (χ3v) is 5.99. The molecule has 0 radical (unpaired) electrons. The van der Waals surface area contributed by atoms with Gasteiger partial charge in [0.15, 0.2) is 0 Å². The van der Waals surface area contributed by atoms with Gasteiger partial charge in [0.1, 0.15) is 0 Å². The normalized spacial score (nSPS) is 10.6. The maximum absolute atomic E-state index is 13.7. The minimum absolute atomic E-state index is 0.685. The van der Waals surface area contributed by atoms with Crippen LogP contribution >= 0.6 is 7.14 Å². The molecule has 3 aromatic rings. The molecular formula is C20H16NOP. The minimum Gasteiger partial charge on any atom is -0.399 e. The summed E-state index contributed by atoms with van der Waals surface area (Å²) in [5, 5.41) is 1.49. The van der Waals surface area contributed by atoms with Crippen molar-refractivity contribution in [3.8, 4) is 11.6 Å². The largest absolute Gasteiger partial charge is 0.399 e. The van der Waals surface area contributed by atoms with Crippen LogP contribution in [0.25, 0.3) is 0 Å². The molecule has 0 unspecified atom stereocenters. The second-order valence-electron chi connectivity index (χ2n) is 5.14. The number of anilines is 1. The molecule has 112 valence electrons. The summed E-state index contributed by atoms with van der Waals surface area (Å²) in [6, 6.07) is 26.1. The topological polar surface area (TPSA) is 43.1 Å². The van der Waals surface area contributed by atoms with Gasteiger partial charge < -0.3 is 5.73 Å². The second kappa shape index (κ2) is 6.57. The van der Waals surface area contributed by atoms with Crippen molar-refractivity contribution in [2.75, 3.05) is 5.73 Å². The average Bonchev–Trinajstić information content (AvgIpc) is 2.62. The van der Waals surface area contributed by atoms with E-state index in [9.17, 15) is 4.57 Å². The van der Waals surface area contributed by atoms with Crippen LogP contribution in [-0.4, -0.2) is 0 Å². The van der Waals surface area contributed by atoms with Gasteiger partial charge in [-0.25, -0.2) is 0 Å². The van der Waals surface area contributed by atoms with Gasteiger partial charge in [-0.05, 0) is 29.9 Å². The lowest BCUT2D eigenvalue weighted by Crippen LogP contribution is -2.14. The number of rotatable bonds is 2. The first-order valence-corrected chi connectivity index (χ1v) is 8.99. The molecule has 3 heteroatoms. The van der Waals surface area contributed by atoms with Crippen LogP contribution in [0.1, 0.15) is 5.56 Å². The van der Waals surface area contributed by atoms with Gasteiger partial charge in [0, 0.05) is 21.9 Å². The molecular weight excluding hydrogens is 301 g/mol. The zero-order valence-corrected chi connectivity index (χ0v) is 13.4. The molecule has 0 spiro atoms. The summed E-state index contributed by atoms with van der Waals surface area (Å²) in [7, 11) is -2.99. The predicted octanol–water partition coefficient (Wildman–Crippen LogP) is 3.59. The van der Waals surface area contributed by atoms with Crippen LogP contribution in [0, 0.1) is 11.6 Å². The van der Waals surface area contributed by atoms with Crippen molar-refractivity contribution in [2.24, 2.45) is 0 Å². The summed E-state index contributed by atoms with van der Waals surface area (Å²) in [5.74, 6) is 3.04. The summed E-state index contributed by atoms with van der Waals surface area (Å²) in [6.07, 6.45) is 0. The van der Waals surface area contributed by atoms with E-state index in [0.717, 1.165) is 16.2 Å². The number of nitrogens with two attached hydrogens (primary N) is 1. The average molecular weight is 317 g/mol. The Morgan fingerprint density at radius 2 is 1.17 bits per heavy atom. The third-order valence-electron chi connectivity index (χ3n) is 3.51. The van der Waals surface area contributed by atoms with Gasteiger partial charge in [-0.3, -0.25) is 4.57 Å². The van der Waals surface area contributed by atoms with Crippen LogP contribution in [0.5, 0.6) is 0 Å². The van der Waals surface area contributed by atoms with E-state index in [1.54, 1.807) is 12.1 Å². The Hall–Kier alpha value is -2.75. The Kier molecular flexibility index (Phi) is 4.33. The molecule has 2 nitrogen and oxygen atoms in total.